The van der Waals surface area contributed by atoms with Crippen molar-refractivity contribution >= 4 is 11.6 Å². The lowest BCUT2D eigenvalue weighted by atomic mass is 9.97. The Morgan fingerprint density at radius 3 is 2.96 bits per heavy atom. The number of anilines is 1. The number of nitrogens with zero attached hydrogens (tertiary/aromatic N) is 3. The summed E-state index contributed by atoms with van der Waals surface area (Å²) in [6.07, 6.45) is 8.00. The topological polar surface area (TPSA) is 100 Å². The summed E-state index contributed by atoms with van der Waals surface area (Å²) in [5.74, 6) is 0.669. The number of hydrogen-bond acceptors (Lipinski definition) is 6. The second-order valence-electron chi connectivity index (χ2n) is 5.67. The number of nitrogens with two attached hydrogens (primary N) is 1. The number of aliphatic hydroxyl groups is 1. The first kappa shape index (κ1) is 16.2. The van der Waals surface area contributed by atoms with Gasteiger partial charge in [0.25, 0.3) is 0 Å². The molecule has 1 aromatic heterocycles. The zero-order chi connectivity index (χ0) is 16.9. The van der Waals surface area contributed by atoms with Gasteiger partial charge >= 0.3 is 0 Å². The van der Waals surface area contributed by atoms with E-state index in [0.717, 1.165) is 22.4 Å². The van der Waals surface area contributed by atoms with Crippen LogP contribution in [0.1, 0.15) is 22.7 Å². The van der Waals surface area contributed by atoms with Gasteiger partial charge in [0.15, 0.2) is 0 Å². The van der Waals surface area contributed by atoms with Crippen LogP contribution >= 0.6 is 0 Å². The lowest BCUT2D eigenvalue weighted by Crippen LogP contribution is -2.35. The van der Waals surface area contributed by atoms with E-state index in [2.05, 4.69) is 32.9 Å². The Bertz CT molecular complexity index is 764. The highest BCUT2D eigenvalue weighted by atomic mass is 16.2. The van der Waals surface area contributed by atoms with Crippen LogP contribution in [0, 0.1) is 0 Å². The Kier molecular flexibility index (Phi) is 4.93. The van der Waals surface area contributed by atoms with Crippen LogP contribution in [0.5, 0.6) is 0 Å². The van der Waals surface area contributed by atoms with E-state index in [9.17, 15) is 5.11 Å². The zero-order valence-corrected chi connectivity index (χ0v) is 13.6. The highest BCUT2D eigenvalue weighted by molar-refractivity contribution is 5.94. The van der Waals surface area contributed by atoms with E-state index in [-0.39, 0.29) is 12.6 Å². The summed E-state index contributed by atoms with van der Waals surface area (Å²) in [7, 11) is 1.87. The highest BCUT2D eigenvalue weighted by Gasteiger charge is 2.15. The molecule has 2 heterocycles. The summed E-state index contributed by atoms with van der Waals surface area (Å²) in [5.41, 5.74) is 9.89. The van der Waals surface area contributed by atoms with Crippen molar-refractivity contribution < 1.29 is 5.11 Å². The van der Waals surface area contributed by atoms with Crippen LogP contribution in [0.4, 0.5) is 5.69 Å². The van der Waals surface area contributed by atoms with Crippen LogP contribution < -0.4 is 16.4 Å². The van der Waals surface area contributed by atoms with Crippen molar-refractivity contribution in [1.82, 2.24) is 15.1 Å². The van der Waals surface area contributed by atoms with Gasteiger partial charge in [0.05, 0.1) is 17.9 Å². The Balaban J connectivity index is 1.75. The molecule has 2 aromatic rings. The van der Waals surface area contributed by atoms with E-state index in [4.69, 9.17) is 5.73 Å². The molecule has 0 fully saturated rings. The quantitative estimate of drug-likeness (QED) is 0.658. The lowest BCUT2D eigenvalue weighted by molar-refractivity contribution is 0.299. The number of aryl methyl sites for hydroxylation is 1. The van der Waals surface area contributed by atoms with Gasteiger partial charge in [0.2, 0.25) is 5.96 Å². The third-order valence-electron chi connectivity index (χ3n) is 3.93. The van der Waals surface area contributed by atoms with E-state index in [1.54, 1.807) is 17.1 Å². The first-order chi connectivity index (χ1) is 11.7. The van der Waals surface area contributed by atoms with E-state index < -0.39 is 0 Å². The van der Waals surface area contributed by atoms with Gasteiger partial charge in [-0.25, -0.2) is 4.99 Å². The van der Waals surface area contributed by atoms with Crippen molar-refractivity contribution in [2.24, 2.45) is 17.8 Å². The number of benzene rings is 1. The van der Waals surface area contributed by atoms with Crippen LogP contribution in [-0.2, 0) is 20.0 Å². The van der Waals surface area contributed by atoms with E-state index in [1.165, 1.54) is 0 Å². The number of guanidine groups is 1. The molecular formula is C17H22N6O. The van der Waals surface area contributed by atoms with Crippen LogP contribution in [0.15, 0.2) is 47.9 Å². The molecule has 0 bridgehead atoms. The zero-order valence-electron chi connectivity index (χ0n) is 13.6. The minimum Gasteiger partial charge on any atom is -0.396 e. The molecule has 7 nitrogen and oxygen atoms in total. The smallest absolute Gasteiger partial charge is 0.201 e. The summed E-state index contributed by atoms with van der Waals surface area (Å²) in [5, 5.41) is 19.9. The molecule has 0 saturated carbocycles. The summed E-state index contributed by atoms with van der Waals surface area (Å²) in [6.45, 7) is 0.582. The third kappa shape index (κ3) is 3.64. The van der Waals surface area contributed by atoms with Gasteiger partial charge < -0.3 is 21.5 Å². The summed E-state index contributed by atoms with van der Waals surface area (Å²) < 4.78 is 1.73. The number of aromatic nitrogens is 2. The molecule has 0 spiro atoms. The predicted octanol–water partition coefficient (Wildman–Crippen LogP) is 1.04. The van der Waals surface area contributed by atoms with Gasteiger partial charge in [-0.1, -0.05) is 18.2 Å². The monoisotopic (exact) mass is 326 g/mol. The molecule has 5 N–H and O–H groups in total. The van der Waals surface area contributed by atoms with E-state index in [0.29, 0.717) is 18.9 Å². The molecule has 1 aliphatic rings. The fourth-order valence-corrected chi connectivity index (χ4v) is 2.71. The molecule has 24 heavy (non-hydrogen) atoms. The predicted molar refractivity (Wildman–Crippen MR) is 94.4 cm³/mol. The lowest BCUT2D eigenvalue weighted by Gasteiger charge is -2.22. The van der Waals surface area contributed by atoms with Crippen LogP contribution in [0.2, 0.25) is 0 Å². The fraction of sp³-hybridized carbons (Fsp3) is 0.294. The second kappa shape index (κ2) is 7.29. The molecule has 0 saturated heterocycles. The van der Waals surface area contributed by atoms with Crippen molar-refractivity contribution in [1.29, 1.82) is 0 Å². The number of hydrogen-bond donors (Lipinski definition) is 4. The van der Waals surface area contributed by atoms with E-state index >= 15 is 0 Å². The van der Waals surface area contributed by atoms with Gasteiger partial charge in [0.1, 0.15) is 0 Å². The van der Waals surface area contributed by atoms with Crippen molar-refractivity contribution in [3.63, 3.8) is 0 Å². The molecular weight excluding hydrogens is 304 g/mol. The van der Waals surface area contributed by atoms with Crippen LogP contribution in [0.25, 0.3) is 0 Å². The Morgan fingerprint density at radius 1 is 1.38 bits per heavy atom. The number of aliphatic hydroxyl groups excluding tert-OH is 1. The van der Waals surface area contributed by atoms with Gasteiger partial charge in [-0.05, 0) is 29.2 Å². The molecule has 1 unspecified atom stereocenters. The summed E-state index contributed by atoms with van der Waals surface area (Å²) >= 11 is 0. The standard InChI is InChI=1S/C17H22N6O/c1-23-11-15(10-20-23)21-17-19-6-4-16(22-17)13-2-3-14(9-18)12(8-13)5-7-24/h2-4,6,8,10-11,16,24H,5,7,9,18H2,1H3,(H2,19,21,22). The minimum absolute atomic E-state index is 0.00550. The SMILES string of the molecule is Cn1cc(NC2=NC=CC(c3ccc(CN)c(CCO)c3)N2)cn1. The summed E-state index contributed by atoms with van der Waals surface area (Å²) in [4.78, 5) is 4.32. The van der Waals surface area contributed by atoms with Crippen molar-refractivity contribution in [3.05, 3.63) is 59.6 Å². The molecule has 126 valence electrons. The molecule has 1 aliphatic heterocycles. The Morgan fingerprint density at radius 2 is 2.25 bits per heavy atom. The van der Waals surface area contributed by atoms with Crippen molar-refractivity contribution in [2.45, 2.75) is 19.0 Å². The molecule has 0 radical (unpaired) electrons. The molecule has 7 heteroatoms. The number of rotatable bonds is 5. The fourth-order valence-electron chi connectivity index (χ4n) is 2.71. The minimum atomic E-state index is 0.00550. The Hall–Kier alpha value is -2.64. The van der Waals surface area contributed by atoms with Crippen LogP contribution in [-0.4, -0.2) is 27.5 Å². The number of nitrogens with one attached hydrogen (secondary N) is 2. The van der Waals surface area contributed by atoms with Crippen molar-refractivity contribution in [3.8, 4) is 0 Å². The molecule has 0 aliphatic carbocycles. The average Bonchev–Trinajstić information content (AvgIpc) is 3.00. The van der Waals surface area contributed by atoms with Gasteiger partial charge in [-0.2, -0.15) is 5.10 Å². The van der Waals surface area contributed by atoms with Crippen LogP contribution in [0.3, 0.4) is 0 Å². The Labute approximate surface area is 140 Å². The number of aliphatic imine (C=N–C) groups is 1. The normalized spacial score (nSPS) is 16.6. The summed E-state index contributed by atoms with van der Waals surface area (Å²) in [6, 6.07) is 6.17. The van der Waals surface area contributed by atoms with Gasteiger partial charge in [-0.3, -0.25) is 4.68 Å². The largest absolute Gasteiger partial charge is 0.396 e. The maximum atomic E-state index is 9.24. The van der Waals surface area contributed by atoms with Gasteiger partial charge in [-0.15, -0.1) is 0 Å². The second-order valence-corrected chi connectivity index (χ2v) is 5.67. The van der Waals surface area contributed by atoms with E-state index in [1.807, 2.05) is 25.4 Å². The third-order valence-corrected chi connectivity index (χ3v) is 3.93. The maximum absolute atomic E-state index is 9.24. The molecule has 0 amide bonds. The first-order valence-electron chi connectivity index (χ1n) is 7.89. The maximum Gasteiger partial charge on any atom is 0.201 e. The average molecular weight is 326 g/mol. The highest BCUT2D eigenvalue weighted by Crippen LogP contribution is 2.21. The van der Waals surface area contributed by atoms with Gasteiger partial charge in [0, 0.05) is 32.6 Å². The molecule has 3 rings (SSSR count). The van der Waals surface area contributed by atoms with Crippen molar-refractivity contribution in [2.75, 3.05) is 11.9 Å². The molecule has 1 aromatic carbocycles. The molecule has 1 atom stereocenters. The first-order valence-corrected chi connectivity index (χ1v) is 7.89.